The molecule has 0 bridgehead atoms. The first-order valence-electron chi connectivity index (χ1n) is 2.81. The lowest BCUT2D eigenvalue weighted by atomic mass is 10.2. The average molecular weight is 175 g/mol. The van der Waals surface area contributed by atoms with Gasteiger partial charge in [0.2, 0.25) is 0 Å². The molecule has 62 valence electrons. The molecule has 0 fully saturated rings. The molecule has 1 nitrogen and oxygen atoms in total. The summed E-state index contributed by atoms with van der Waals surface area (Å²) in [6.07, 6.45) is 0. The van der Waals surface area contributed by atoms with Crippen LogP contribution < -0.4 is 0 Å². The van der Waals surface area contributed by atoms with E-state index >= 15 is 0 Å². The quantitative estimate of drug-likeness (QED) is 0.336. The Kier molecular flexibility index (Phi) is 2.00. The minimum Gasteiger partial charge on any atom is -0.204 e. The van der Waals surface area contributed by atoms with E-state index in [1.807, 2.05) is 0 Å². The van der Waals surface area contributed by atoms with Gasteiger partial charge in [0.05, 0.1) is 5.56 Å². The van der Waals surface area contributed by atoms with E-state index in [1.54, 1.807) is 0 Å². The zero-order valence-electron chi connectivity index (χ0n) is 5.54. The Balaban J connectivity index is 3.52. The van der Waals surface area contributed by atoms with Gasteiger partial charge in [0.25, 0.3) is 0 Å². The van der Waals surface area contributed by atoms with Gasteiger partial charge in [-0.1, -0.05) is 0 Å². The van der Waals surface area contributed by atoms with E-state index in [0.717, 1.165) is 0 Å². The molecule has 0 N–H and O–H groups in total. The second kappa shape index (κ2) is 2.81. The number of hydrogen-bond donors (Lipinski definition) is 0. The zero-order valence-corrected chi connectivity index (χ0v) is 5.54. The van der Waals surface area contributed by atoms with Gasteiger partial charge in [-0.05, 0) is 6.07 Å². The molecular formula is C7HF4N. The molecule has 1 aromatic rings. The number of rotatable bonds is 0. The molecule has 0 heterocycles. The summed E-state index contributed by atoms with van der Waals surface area (Å²) in [4.78, 5) is 0. The van der Waals surface area contributed by atoms with Crippen LogP contribution in [0.5, 0.6) is 0 Å². The third-order valence-corrected chi connectivity index (χ3v) is 1.22. The predicted octanol–water partition coefficient (Wildman–Crippen LogP) is 2.11. The highest BCUT2D eigenvalue weighted by Crippen LogP contribution is 2.17. The van der Waals surface area contributed by atoms with Gasteiger partial charge in [0.15, 0.2) is 23.3 Å². The van der Waals surface area contributed by atoms with Gasteiger partial charge in [-0.3, -0.25) is 0 Å². The molecule has 1 rings (SSSR count). The van der Waals surface area contributed by atoms with Crippen molar-refractivity contribution >= 4 is 0 Å². The van der Waals surface area contributed by atoms with Crippen molar-refractivity contribution in [3.05, 3.63) is 34.9 Å². The average Bonchev–Trinajstić information content (AvgIpc) is 2.08. The van der Waals surface area contributed by atoms with Crippen LogP contribution in [0, 0.1) is 34.6 Å². The minimum atomic E-state index is -1.97. The molecule has 0 unspecified atom stereocenters. The van der Waals surface area contributed by atoms with Crippen molar-refractivity contribution in [3.63, 3.8) is 0 Å². The van der Waals surface area contributed by atoms with E-state index in [4.69, 9.17) is 5.26 Å². The first kappa shape index (κ1) is 8.53. The maximum atomic E-state index is 12.4. The molecule has 0 saturated carbocycles. The smallest absolute Gasteiger partial charge is 0.198 e. The van der Waals surface area contributed by atoms with E-state index in [-0.39, 0.29) is 0 Å². The second-order valence-corrected chi connectivity index (χ2v) is 1.96. The Hall–Kier alpha value is -1.57. The number of hydrogen-bond acceptors (Lipinski definition) is 1. The molecule has 0 spiro atoms. The van der Waals surface area contributed by atoms with Gasteiger partial charge in [-0.2, -0.15) is 5.26 Å². The molecule has 5 heteroatoms. The van der Waals surface area contributed by atoms with Crippen molar-refractivity contribution in [1.29, 1.82) is 5.26 Å². The Morgan fingerprint density at radius 2 is 1.58 bits per heavy atom. The molecule has 0 aliphatic rings. The number of nitrogens with zero attached hydrogens (tertiary/aromatic N) is 1. The summed E-state index contributed by atoms with van der Waals surface area (Å²) >= 11 is 0. The fraction of sp³-hybridized carbons (Fsp3) is 0. The minimum absolute atomic E-state index is 0.299. The Bertz CT molecular complexity index is 367. The molecule has 0 atom stereocenters. The summed E-state index contributed by atoms with van der Waals surface area (Å²) in [5.74, 6) is -7.13. The van der Waals surface area contributed by atoms with E-state index in [9.17, 15) is 17.6 Å². The van der Waals surface area contributed by atoms with Crippen LogP contribution in [0.25, 0.3) is 0 Å². The van der Waals surface area contributed by atoms with Crippen LogP contribution in [0.1, 0.15) is 5.56 Å². The molecule has 0 aromatic heterocycles. The van der Waals surface area contributed by atoms with Crippen molar-refractivity contribution < 1.29 is 17.6 Å². The Morgan fingerprint density at radius 3 is 2.08 bits per heavy atom. The fourth-order valence-corrected chi connectivity index (χ4v) is 0.654. The third-order valence-electron chi connectivity index (χ3n) is 1.22. The van der Waals surface area contributed by atoms with Crippen molar-refractivity contribution in [3.8, 4) is 6.07 Å². The van der Waals surface area contributed by atoms with Crippen LogP contribution in [-0.2, 0) is 0 Å². The summed E-state index contributed by atoms with van der Waals surface area (Å²) < 4.78 is 49.2. The van der Waals surface area contributed by atoms with Gasteiger partial charge in [-0.15, -0.1) is 0 Å². The maximum Gasteiger partial charge on any atom is 0.198 e. The maximum absolute atomic E-state index is 12.4. The van der Waals surface area contributed by atoms with E-state index in [0.29, 0.717) is 6.07 Å². The Labute approximate surface area is 64.9 Å². The first-order valence-corrected chi connectivity index (χ1v) is 2.81. The highest BCUT2D eigenvalue weighted by Gasteiger charge is 2.18. The van der Waals surface area contributed by atoms with Crippen molar-refractivity contribution in [2.45, 2.75) is 0 Å². The van der Waals surface area contributed by atoms with Crippen LogP contribution in [0.2, 0.25) is 0 Å². The molecule has 0 radical (unpaired) electrons. The molecular weight excluding hydrogens is 174 g/mol. The van der Waals surface area contributed by atoms with E-state index in [1.165, 1.54) is 6.07 Å². The van der Waals surface area contributed by atoms with Crippen molar-refractivity contribution in [2.24, 2.45) is 0 Å². The van der Waals surface area contributed by atoms with Gasteiger partial charge in [-0.25, -0.2) is 17.6 Å². The van der Waals surface area contributed by atoms with Gasteiger partial charge in [0.1, 0.15) is 6.07 Å². The first-order chi connectivity index (χ1) is 5.57. The van der Waals surface area contributed by atoms with Crippen molar-refractivity contribution in [1.82, 2.24) is 0 Å². The van der Waals surface area contributed by atoms with Gasteiger partial charge in [0, 0.05) is 0 Å². The summed E-state index contributed by atoms with van der Waals surface area (Å²) in [7, 11) is 0. The van der Waals surface area contributed by atoms with Crippen molar-refractivity contribution in [2.75, 3.05) is 0 Å². The van der Waals surface area contributed by atoms with Crippen LogP contribution in [0.4, 0.5) is 17.6 Å². The molecule has 12 heavy (non-hydrogen) atoms. The third kappa shape index (κ3) is 1.11. The van der Waals surface area contributed by atoms with Gasteiger partial charge >= 0.3 is 0 Å². The molecule has 0 saturated heterocycles. The number of benzene rings is 1. The van der Waals surface area contributed by atoms with Gasteiger partial charge < -0.3 is 0 Å². The lowest BCUT2D eigenvalue weighted by Gasteiger charge is -1.97. The molecule has 0 amide bonds. The topological polar surface area (TPSA) is 23.8 Å². The summed E-state index contributed by atoms with van der Waals surface area (Å²) in [5, 5.41) is 8.11. The summed E-state index contributed by atoms with van der Waals surface area (Å²) in [6.45, 7) is 0. The monoisotopic (exact) mass is 175 g/mol. The standard InChI is InChI=1S/C7HF4N/c8-4-1-3(2-12)5(9)7(11)6(4)10/h1H. The van der Waals surface area contributed by atoms with Crippen LogP contribution in [0.15, 0.2) is 6.07 Å². The highest BCUT2D eigenvalue weighted by atomic mass is 19.2. The fourth-order valence-electron chi connectivity index (χ4n) is 0.654. The lowest BCUT2D eigenvalue weighted by molar-refractivity contribution is 0.408. The van der Waals surface area contributed by atoms with E-state index < -0.39 is 28.8 Å². The SMILES string of the molecule is N#Cc1cc(F)c(F)c(F)c1F. The second-order valence-electron chi connectivity index (χ2n) is 1.96. The zero-order chi connectivity index (χ0) is 9.30. The normalized spacial score (nSPS) is 9.58. The largest absolute Gasteiger partial charge is 0.204 e. The summed E-state index contributed by atoms with van der Waals surface area (Å²) in [5.41, 5.74) is -0.855. The number of halogens is 4. The van der Waals surface area contributed by atoms with Crippen LogP contribution >= 0.6 is 0 Å². The lowest BCUT2D eigenvalue weighted by Crippen LogP contribution is -1.98. The Morgan fingerprint density at radius 1 is 1.00 bits per heavy atom. The number of nitriles is 1. The molecule has 1 aromatic carbocycles. The molecule has 0 aliphatic carbocycles. The van der Waals surface area contributed by atoms with E-state index in [2.05, 4.69) is 0 Å². The summed E-state index contributed by atoms with van der Waals surface area (Å²) in [6, 6.07) is 1.48. The van der Waals surface area contributed by atoms with Crippen LogP contribution in [0.3, 0.4) is 0 Å². The molecule has 0 aliphatic heterocycles. The predicted molar refractivity (Wildman–Crippen MR) is 31.0 cm³/mol. The highest BCUT2D eigenvalue weighted by molar-refractivity contribution is 5.32. The van der Waals surface area contributed by atoms with Crippen LogP contribution in [-0.4, -0.2) is 0 Å².